The Labute approximate surface area is 126 Å². The molecule has 0 amide bonds. The van der Waals surface area contributed by atoms with E-state index in [0.29, 0.717) is 11.3 Å². The van der Waals surface area contributed by atoms with E-state index in [1.165, 1.54) is 6.07 Å². The van der Waals surface area contributed by atoms with Crippen LogP contribution in [-0.4, -0.2) is 0 Å². The average Bonchev–Trinajstić information content (AvgIpc) is 2.37. The Kier molecular flexibility index (Phi) is 4.42. The number of hydrazine groups is 1. The van der Waals surface area contributed by atoms with E-state index in [0.717, 1.165) is 21.2 Å². The Morgan fingerprint density at radius 3 is 2.50 bits per heavy atom. The molecule has 0 radical (unpaired) electrons. The number of nitrogens with one attached hydrogen (secondary N) is 1. The summed E-state index contributed by atoms with van der Waals surface area (Å²) in [6.45, 7) is 3.72. The predicted molar refractivity (Wildman–Crippen MR) is 83.6 cm³/mol. The molecule has 2 aromatic carbocycles. The zero-order valence-electron chi connectivity index (χ0n) is 11.4. The van der Waals surface area contributed by atoms with Crippen LogP contribution in [0.4, 0.5) is 10.1 Å². The summed E-state index contributed by atoms with van der Waals surface area (Å²) >= 11 is 3.40. The highest BCUT2D eigenvalue weighted by Crippen LogP contribution is 2.32. The van der Waals surface area contributed by atoms with Crippen LogP contribution in [0.2, 0.25) is 0 Å². The second kappa shape index (κ2) is 5.91. The van der Waals surface area contributed by atoms with Gasteiger partial charge in [-0.3, -0.25) is 5.84 Å². The fraction of sp³-hybridized carbons (Fsp3) is 0.200. The number of hydrogen-bond acceptors (Lipinski definition) is 3. The van der Waals surface area contributed by atoms with Gasteiger partial charge in [0.15, 0.2) is 0 Å². The first-order chi connectivity index (χ1) is 9.43. The third-order valence-corrected chi connectivity index (χ3v) is 3.79. The van der Waals surface area contributed by atoms with Crippen molar-refractivity contribution < 1.29 is 4.39 Å². The molecule has 0 aliphatic rings. The van der Waals surface area contributed by atoms with Gasteiger partial charge in [-0.05, 0) is 54.8 Å². The second-order valence-electron chi connectivity index (χ2n) is 4.85. The number of halogens is 2. The van der Waals surface area contributed by atoms with Crippen molar-refractivity contribution >= 4 is 21.6 Å². The SMILES string of the molecule is Cc1cc(C)c(C(NN)c2cc(Br)ccc2N)c(F)c1. The molecule has 2 aromatic rings. The molecule has 0 saturated carbocycles. The van der Waals surface area contributed by atoms with Crippen molar-refractivity contribution in [3.05, 3.63) is 62.9 Å². The van der Waals surface area contributed by atoms with E-state index in [-0.39, 0.29) is 5.82 Å². The van der Waals surface area contributed by atoms with E-state index in [4.69, 9.17) is 11.6 Å². The average molecular weight is 338 g/mol. The van der Waals surface area contributed by atoms with Crippen LogP contribution >= 0.6 is 15.9 Å². The molecule has 106 valence electrons. The number of aryl methyl sites for hydroxylation is 2. The summed E-state index contributed by atoms with van der Waals surface area (Å²) in [5.41, 5.74) is 12.2. The molecule has 2 rings (SSSR count). The van der Waals surface area contributed by atoms with Gasteiger partial charge < -0.3 is 5.73 Å². The van der Waals surface area contributed by atoms with Crippen molar-refractivity contribution in [1.29, 1.82) is 0 Å². The first-order valence-corrected chi connectivity index (χ1v) is 7.01. The number of benzene rings is 2. The first-order valence-electron chi connectivity index (χ1n) is 6.21. The molecule has 0 aromatic heterocycles. The van der Waals surface area contributed by atoms with Crippen LogP contribution in [0.1, 0.15) is 28.3 Å². The van der Waals surface area contributed by atoms with Crippen LogP contribution in [0.3, 0.4) is 0 Å². The monoisotopic (exact) mass is 337 g/mol. The standard InChI is InChI=1S/C15H17BrFN3/c1-8-5-9(2)14(12(17)6-8)15(20-19)11-7-10(16)3-4-13(11)18/h3-7,15,20H,18-19H2,1-2H3. The van der Waals surface area contributed by atoms with E-state index in [1.54, 1.807) is 6.07 Å². The highest BCUT2D eigenvalue weighted by atomic mass is 79.9. The van der Waals surface area contributed by atoms with Gasteiger partial charge in [0.1, 0.15) is 5.82 Å². The van der Waals surface area contributed by atoms with Gasteiger partial charge in [0.25, 0.3) is 0 Å². The minimum Gasteiger partial charge on any atom is -0.398 e. The lowest BCUT2D eigenvalue weighted by Gasteiger charge is -2.22. The van der Waals surface area contributed by atoms with Gasteiger partial charge in [0.2, 0.25) is 0 Å². The fourth-order valence-electron chi connectivity index (χ4n) is 2.42. The molecular weight excluding hydrogens is 321 g/mol. The zero-order valence-corrected chi connectivity index (χ0v) is 13.0. The number of hydrogen-bond donors (Lipinski definition) is 3. The summed E-state index contributed by atoms with van der Waals surface area (Å²) < 4.78 is 15.2. The molecule has 20 heavy (non-hydrogen) atoms. The molecule has 5 heteroatoms. The predicted octanol–water partition coefficient (Wildman–Crippen LogP) is 3.34. The number of rotatable bonds is 3. The molecule has 0 heterocycles. The normalized spacial score (nSPS) is 12.4. The third kappa shape index (κ3) is 2.85. The molecule has 1 atom stereocenters. The molecular formula is C15H17BrFN3. The number of nitrogen functional groups attached to an aromatic ring is 1. The molecule has 5 N–H and O–H groups in total. The van der Waals surface area contributed by atoms with Gasteiger partial charge in [0, 0.05) is 15.7 Å². The molecule has 1 unspecified atom stereocenters. The summed E-state index contributed by atoms with van der Waals surface area (Å²) in [6, 6.07) is 8.39. The van der Waals surface area contributed by atoms with E-state index in [2.05, 4.69) is 21.4 Å². The summed E-state index contributed by atoms with van der Waals surface area (Å²) in [5.74, 6) is 5.36. The lowest BCUT2D eigenvalue weighted by Crippen LogP contribution is -2.30. The van der Waals surface area contributed by atoms with Gasteiger partial charge in [-0.25, -0.2) is 9.82 Å². The van der Waals surface area contributed by atoms with Crippen molar-refractivity contribution in [2.24, 2.45) is 5.84 Å². The van der Waals surface area contributed by atoms with E-state index in [1.807, 2.05) is 32.0 Å². The summed E-state index contributed by atoms with van der Waals surface area (Å²) in [5, 5.41) is 0. The Morgan fingerprint density at radius 2 is 1.90 bits per heavy atom. The van der Waals surface area contributed by atoms with Crippen molar-refractivity contribution in [3.8, 4) is 0 Å². The molecule has 3 nitrogen and oxygen atoms in total. The van der Waals surface area contributed by atoms with Crippen molar-refractivity contribution in [3.63, 3.8) is 0 Å². The quantitative estimate of drug-likeness (QED) is 0.457. The Morgan fingerprint density at radius 1 is 1.20 bits per heavy atom. The highest BCUT2D eigenvalue weighted by Gasteiger charge is 2.21. The van der Waals surface area contributed by atoms with Crippen LogP contribution in [0.15, 0.2) is 34.8 Å². The lowest BCUT2D eigenvalue weighted by molar-refractivity contribution is 0.557. The molecule has 0 fully saturated rings. The molecule has 0 aliphatic carbocycles. The Bertz CT molecular complexity index is 620. The van der Waals surface area contributed by atoms with Gasteiger partial charge in [0.05, 0.1) is 6.04 Å². The van der Waals surface area contributed by atoms with Crippen molar-refractivity contribution in [1.82, 2.24) is 5.43 Å². The van der Waals surface area contributed by atoms with Crippen LogP contribution in [0.5, 0.6) is 0 Å². The van der Waals surface area contributed by atoms with Crippen molar-refractivity contribution in [2.75, 3.05) is 5.73 Å². The van der Waals surface area contributed by atoms with Crippen LogP contribution in [-0.2, 0) is 0 Å². The Hall–Kier alpha value is -1.43. The maximum atomic E-state index is 14.3. The van der Waals surface area contributed by atoms with Gasteiger partial charge in [-0.15, -0.1) is 0 Å². The molecule has 0 aliphatic heterocycles. The van der Waals surface area contributed by atoms with E-state index < -0.39 is 6.04 Å². The third-order valence-electron chi connectivity index (χ3n) is 3.30. The molecule has 0 saturated heterocycles. The summed E-state index contributed by atoms with van der Waals surface area (Å²) in [4.78, 5) is 0. The minimum absolute atomic E-state index is 0.287. The topological polar surface area (TPSA) is 64.1 Å². The number of nitrogens with two attached hydrogens (primary N) is 2. The lowest BCUT2D eigenvalue weighted by atomic mass is 9.93. The summed E-state index contributed by atoms with van der Waals surface area (Å²) in [7, 11) is 0. The fourth-order valence-corrected chi connectivity index (χ4v) is 2.80. The van der Waals surface area contributed by atoms with E-state index in [9.17, 15) is 4.39 Å². The second-order valence-corrected chi connectivity index (χ2v) is 5.77. The molecule has 0 bridgehead atoms. The summed E-state index contributed by atoms with van der Waals surface area (Å²) in [6.07, 6.45) is 0. The number of anilines is 1. The van der Waals surface area contributed by atoms with E-state index >= 15 is 0 Å². The Balaban J connectivity index is 2.61. The largest absolute Gasteiger partial charge is 0.398 e. The van der Waals surface area contributed by atoms with Gasteiger partial charge >= 0.3 is 0 Å². The van der Waals surface area contributed by atoms with Crippen LogP contribution in [0.25, 0.3) is 0 Å². The maximum absolute atomic E-state index is 14.3. The smallest absolute Gasteiger partial charge is 0.128 e. The van der Waals surface area contributed by atoms with Crippen molar-refractivity contribution in [2.45, 2.75) is 19.9 Å². The van der Waals surface area contributed by atoms with Crippen LogP contribution in [0, 0.1) is 19.7 Å². The van der Waals surface area contributed by atoms with Crippen LogP contribution < -0.4 is 17.0 Å². The zero-order chi connectivity index (χ0) is 14.9. The molecule has 0 spiro atoms. The van der Waals surface area contributed by atoms with Gasteiger partial charge in [-0.2, -0.15) is 0 Å². The minimum atomic E-state index is -0.493. The highest BCUT2D eigenvalue weighted by molar-refractivity contribution is 9.10. The van der Waals surface area contributed by atoms with Gasteiger partial charge in [-0.1, -0.05) is 22.0 Å². The maximum Gasteiger partial charge on any atom is 0.128 e. The first kappa shape index (κ1) is 15.0.